The number of hydrogen-bond donors (Lipinski definition) is 1. The molecular formula is C11H18F2N2O. The summed E-state index contributed by atoms with van der Waals surface area (Å²) in [4.78, 5) is 13.6. The van der Waals surface area contributed by atoms with E-state index in [1.807, 2.05) is 0 Å². The number of rotatable bonds is 2. The van der Waals surface area contributed by atoms with Crippen LogP contribution in [-0.2, 0) is 4.79 Å². The molecule has 2 heterocycles. The number of carbonyl (C=O) groups excluding carboxylic acids is 1. The molecule has 2 unspecified atom stereocenters. The van der Waals surface area contributed by atoms with E-state index in [9.17, 15) is 13.6 Å². The molecule has 3 nitrogen and oxygen atoms in total. The summed E-state index contributed by atoms with van der Waals surface area (Å²) in [6, 6.07) is 0. The molecule has 5 heteroatoms. The van der Waals surface area contributed by atoms with E-state index < -0.39 is 12.3 Å². The first kappa shape index (κ1) is 11.8. The topological polar surface area (TPSA) is 32.3 Å². The van der Waals surface area contributed by atoms with Crippen LogP contribution in [0.3, 0.4) is 0 Å². The first-order valence-electron chi connectivity index (χ1n) is 5.96. The van der Waals surface area contributed by atoms with Crippen molar-refractivity contribution in [2.75, 3.05) is 26.2 Å². The highest BCUT2D eigenvalue weighted by atomic mass is 19.3. The van der Waals surface area contributed by atoms with Gasteiger partial charge in [0.05, 0.1) is 5.92 Å². The lowest BCUT2D eigenvalue weighted by Gasteiger charge is -2.26. The third-order valence-electron chi connectivity index (χ3n) is 3.54. The number of carbonyl (C=O) groups is 1. The molecule has 0 aliphatic carbocycles. The van der Waals surface area contributed by atoms with E-state index in [0.717, 1.165) is 19.4 Å². The fraction of sp³-hybridized carbons (Fsp3) is 0.909. The highest BCUT2D eigenvalue weighted by Gasteiger charge is 2.34. The van der Waals surface area contributed by atoms with E-state index in [1.54, 1.807) is 4.90 Å². The molecule has 0 aromatic heterocycles. The number of halogens is 2. The number of likely N-dealkylation sites (tertiary alicyclic amines) is 1. The average molecular weight is 232 g/mol. The number of nitrogens with one attached hydrogen (secondary N) is 1. The lowest BCUT2D eigenvalue weighted by molar-refractivity contribution is -0.135. The lowest BCUT2D eigenvalue weighted by atomic mass is 9.98. The molecule has 1 N–H and O–H groups in total. The van der Waals surface area contributed by atoms with Crippen molar-refractivity contribution in [1.29, 1.82) is 0 Å². The van der Waals surface area contributed by atoms with Crippen molar-refractivity contribution < 1.29 is 13.6 Å². The maximum absolute atomic E-state index is 12.5. The average Bonchev–Trinajstić information content (AvgIpc) is 2.78. The van der Waals surface area contributed by atoms with Gasteiger partial charge in [-0.25, -0.2) is 8.78 Å². The molecule has 0 bridgehead atoms. The van der Waals surface area contributed by atoms with Crippen molar-refractivity contribution in [3.63, 3.8) is 0 Å². The summed E-state index contributed by atoms with van der Waals surface area (Å²) in [6.07, 6.45) is 0.0515. The molecule has 0 aromatic rings. The Morgan fingerprint density at radius 1 is 1.38 bits per heavy atom. The summed E-state index contributed by atoms with van der Waals surface area (Å²) in [5, 5.41) is 3.18. The van der Waals surface area contributed by atoms with Gasteiger partial charge in [0.25, 0.3) is 0 Å². The van der Waals surface area contributed by atoms with Gasteiger partial charge in [0.15, 0.2) is 0 Å². The summed E-state index contributed by atoms with van der Waals surface area (Å²) >= 11 is 0. The predicted octanol–water partition coefficient (Wildman–Crippen LogP) is 1.10. The second-order valence-corrected chi connectivity index (χ2v) is 4.71. The standard InChI is InChI=1S/C11H18F2N2O/c12-10(13)9-3-5-15(7-9)11(16)8-2-1-4-14-6-8/h8-10,14H,1-7H2. The highest BCUT2D eigenvalue weighted by molar-refractivity contribution is 5.79. The molecule has 0 radical (unpaired) electrons. The van der Waals surface area contributed by atoms with Crippen LogP contribution in [0.4, 0.5) is 8.78 Å². The van der Waals surface area contributed by atoms with E-state index in [2.05, 4.69) is 5.32 Å². The van der Waals surface area contributed by atoms with Gasteiger partial charge in [-0.05, 0) is 25.8 Å². The van der Waals surface area contributed by atoms with Gasteiger partial charge in [0.1, 0.15) is 0 Å². The van der Waals surface area contributed by atoms with Crippen molar-refractivity contribution in [2.24, 2.45) is 11.8 Å². The molecule has 16 heavy (non-hydrogen) atoms. The summed E-state index contributed by atoms with van der Waals surface area (Å²) in [5.74, 6) is -0.541. The monoisotopic (exact) mass is 232 g/mol. The molecule has 2 rings (SSSR count). The van der Waals surface area contributed by atoms with Crippen LogP contribution in [0, 0.1) is 11.8 Å². The molecule has 2 aliphatic heterocycles. The van der Waals surface area contributed by atoms with Gasteiger partial charge in [0, 0.05) is 25.6 Å². The summed E-state index contributed by atoms with van der Waals surface area (Å²) < 4.78 is 24.9. The molecule has 2 aliphatic rings. The fourth-order valence-corrected chi connectivity index (χ4v) is 2.51. The molecular weight excluding hydrogens is 214 g/mol. The lowest BCUT2D eigenvalue weighted by Crippen LogP contribution is -2.42. The van der Waals surface area contributed by atoms with Crippen LogP contribution in [0.1, 0.15) is 19.3 Å². The van der Waals surface area contributed by atoms with Crippen molar-refractivity contribution >= 4 is 5.91 Å². The number of hydrogen-bond acceptors (Lipinski definition) is 2. The van der Waals surface area contributed by atoms with E-state index in [1.165, 1.54) is 0 Å². The maximum Gasteiger partial charge on any atom is 0.243 e. The molecule has 2 fully saturated rings. The normalized spacial score (nSPS) is 31.1. The van der Waals surface area contributed by atoms with Gasteiger partial charge >= 0.3 is 0 Å². The Morgan fingerprint density at radius 2 is 2.19 bits per heavy atom. The molecule has 2 atom stereocenters. The molecule has 1 amide bonds. The van der Waals surface area contributed by atoms with E-state index in [0.29, 0.717) is 19.5 Å². The summed E-state index contributed by atoms with van der Waals surface area (Å²) in [5.41, 5.74) is 0. The predicted molar refractivity (Wildman–Crippen MR) is 56.3 cm³/mol. The molecule has 92 valence electrons. The Morgan fingerprint density at radius 3 is 2.75 bits per heavy atom. The largest absolute Gasteiger partial charge is 0.342 e. The van der Waals surface area contributed by atoms with Crippen LogP contribution in [0.2, 0.25) is 0 Å². The van der Waals surface area contributed by atoms with Crippen LogP contribution in [0.25, 0.3) is 0 Å². The van der Waals surface area contributed by atoms with Gasteiger partial charge < -0.3 is 10.2 Å². The first-order chi connectivity index (χ1) is 7.68. The van der Waals surface area contributed by atoms with Crippen molar-refractivity contribution in [2.45, 2.75) is 25.7 Å². The minimum absolute atomic E-state index is 0.00479. The number of nitrogens with zero attached hydrogens (tertiary/aromatic N) is 1. The quantitative estimate of drug-likeness (QED) is 0.773. The van der Waals surface area contributed by atoms with Gasteiger partial charge in [-0.3, -0.25) is 4.79 Å². The van der Waals surface area contributed by atoms with Crippen molar-refractivity contribution in [3.05, 3.63) is 0 Å². The number of amides is 1. The molecule has 0 spiro atoms. The zero-order valence-electron chi connectivity index (χ0n) is 9.29. The Labute approximate surface area is 94.2 Å². The Balaban J connectivity index is 1.86. The minimum Gasteiger partial charge on any atom is -0.342 e. The Hall–Kier alpha value is -0.710. The van der Waals surface area contributed by atoms with E-state index in [-0.39, 0.29) is 18.4 Å². The Bertz CT molecular complexity index is 254. The molecule has 2 saturated heterocycles. The Kier molecular flexibility index (Phi) is 3.74. The van der Waals surface area contributed by atoms with Gasteiger partial charge in [-0.1, -0.05) is 0 Å². The number of alkyl halides is 2. The van der Waals surface area contributed by atoms with Crippen LogP contribution in [0.5, 0.6) is 0 Å². The fourth-order valence-electron chi connectivity index (χ4n) is 2.51. The minimum atomic E-state index is -2.29. The third kappa shape index (κ3) is 2.51. The molecule has 0 aromatic carbocycles. The van der Waals surface area contributed by atoms with Gasteiger partial charge in [-0.15, -0.1) is 0 Å². The smallest absolute Gasteiger partial charge is 0.243 e. The molecule has 0 saturated carbocycles. The van der Waals surface area contributed by atoms with Gasteiger partial charge in [-0.2, -0.15) is 0 Å². The highest BCUT2D eigenvalue weighted by Crippen LogP contribution is 2.25. The second-order valence-electron chi connectivity index (χ2n) is 4.71. The van der Waals surface area contributed by atoms with Crippen molar-refractivity contribution in [1.82, 2.24) is 10.2 Å². The SMILES string of the molecule is O=C(C1CCCNC1)N1CCC(C(F)F)C1. The zero-order valence-corrected chi connectivity index (χ0v) is 9.29. The van der Waals surface area contributed by atoms with Crippen LogP contribution >= 0.6 is 0 Å². The van der Waals surface area contributed by atoms with E-state index >= 15 is 0 Å². The van der Waals surface area contributed by atoms with Crippen molar-refractivity contribution in [3.8, 4) is 0 Å². The van der Waals surface area contributed by atoms with Crippen LogP contribution in [0.15, 0.2) is 0 Å². The third-order valence-corrected chi connectivity index (χ3v) is 3.54. The maximum atomic E-state index is 12.5. The zero-order chi connectivity index (χ0) is 11.5. The second kappa shape index (κ2) is 5.08. The van der Waals surface area contributed by atoms with E-state index in [4.69, 9.17) is 0 Å². The number of piperidine rings is 1. The first-order valence-corrected chi connectivity index (χ1v) is 5.96. The van der Waals surface area contributed by atoms with Gasteiger partial charge in [0.2, 0.25) is 12.3 Å². The van der Waals surface area contributed by atoms with Crippen LogP contribution < -0.4 is 5.32 Å². The van der Waals surface area contributed by atoms with Crippen LogP contribution in [-0.4, -0.2) is 43.4 Å². The summed E-state index contributed by atoms with van der Waals surface area (Å²) in [7, 11) is 0. The summed E-state index contributed by atoms with van der Waals surface area (Å²) in [6.45, 7) is 2.41.